The van der Waals surface area contributed by atoms with Gasteiger partial charge in [-0.25, -0.2) is 0 Å². The lowest BCUT2D eigenvalue weighted by Gasteiger charge is -2.18. The summed E-state index contributed by atoms with van der Waals surface area (Å²) < 4.78 is 16.7. The Kier molecular flexibility index (Phi) is 45.0. The van der Waals surface area contributed by atoms with E-state index in [0.717, 1.165) is 57.8 Å². The van der Waals surface area contributed by atoms with Crippen LogP contribution in [0.4, 0.5) is 0 Å². The molecule has 0 radical (unpaired) electrons. The van der Waals surface area contributed by atoms with Crippen molar-refractivity contribution in [3.8, 4) is 0 Å². The van der Waals surface area contributed by atoms with Gasteiger partial charge in [0.05, 0.1) is 0 Å². The van der Waals surface area contributed by atoms with Gasteiger partial charge in [-0.1, -0.05) is 222 Å². The van der Waals surface area contributed by atoms with E-state index in [4.69, 9.17) is 14.2 Å². The zero-order chi connectivity index (χ0) is 43.0. The summed E-state index contributed by atoms with van der Waals surface area (Å²) in [4.78, 5) is 37.8. The Balaban J connectivity index is 4.43. The van der Waals surface area contributed by atoms with Gasteiger partial charge in [0, 0.05) is 19.3 Å². The number of esters is 3. The average molecular weight is 823 g/mol. The van der Waals surface area contributed by atoms with Crippen LogP contribution in [0.25, 0.3) is 0 Å². The lowest BCUT2D eigenvalue weighted by atomic mass is 10.1. The maximum atomic E-state index is 12.7. The molecule has 0 rings (SSSR count). The van der Waals surface area contributed by atoms with Gasteiger partial charge in [0.2, 0.25) is 0 Å². The summed E-state index contributed by atoms with van der Waals surface area (Å²) in [5.74, 6) is -0.992. The van der Waals surface area contributed by atoms with Crippen molar-refractivity contribution in [1.29, 1.82) is 0 Å². The van der Waals surface area contributed by atoms with Gasteiger partial charge in [0.25, 0.3) is 0 Å². The number of ether oxygens (including phenoxy) is 3. The number of hydrogen-bond acceptors (Lipinski definition) is 6. The van der Waals surface area contributed by atoms with Crippen LogP contribution in [-0.4, -0.2) is 37.2 Å². The van der Waals surface area contributed by atoms with Crippen LogP contribution in [0.2, 0.25) is 0 Å². The first kappa shape index (κ1) is 55.9. The van der Waals surface area contributed by atoms with E-state index in [2.05, 4.69) is 39.0 Å². The van der Waals surface area contributed by atoms with E-state index in [1.807, 2.05) is 54.7 Å². The third-order valence-electron chi connectivity index (χ3n) is 10.3. The maximum Gasteiger partial charge on any atom is 0.306 e. The standard InChI is InChI=1S/C53H90O6/c1-4-7-10-13-16-19-22-24-25-26-27-28-30-31-34-37-40-43-46-52(55)58-49-50(48-57-51(54)45-42-39-36-33-21-18-15-12-9-6-3)59-53(56)47-44-41-38-35-32-29-23-20-17-14-11-8-5-2/h8,11,14,17,20,23,27-29,32,35,38,50H,4-7,9-10,12-13,15-16,18-19,21-22,24-26,30-31,33-34,36-37,39-49H2,1-3H3/b11-8-,17-14-,23-20-,28-27-,32-29-,38-35-. The SMILES string of the molecule is CC\C=C/C=C\C=C/C=C\C=C/CCCC(=O)OC(COC(=O)CCCCCCC/C=C\CCCCCCCCCCC)COC(=O)CCCCCCCCCCCC. The maximum absolute atomic E-state index is 12.7. The van der Waals surface area contributed by atoms with E-state index in [0.29, 0.717) is 19.3 Å². The summed E-state index contributed by atoms with van der Waals surface area (Å²) in [6, 6.07) is 0. The Morgan fingerprint density at radius 1 is 0.356 bits per heavy atom. The van der Waals surface area contributed by atoms with Crippen LogP contribution in [0.1, 0.15) is 226 Å². The third-order valence-corrected chi connectivity index (χ3v) is 10.3. The summed E-state index contributed by atoms with van der Waals surface area (Å²) in [7, 11) is 0. The monoisotopic (exact) mass is 823 g/mol. The lowest BCUT2D eigenvalue weighted by Crippen LogP contribution is -2.30. The minimum Gasteiger partial charge on any atom is -0.462 e. The molecule has 1 unspecified atom stereocenters. The molecule has 0 bridgehead atoms. The van der Waals surface area contributed by atoms with Gasteiger partial charge in [0.1, 0.15) is 13.2 Å². The molecule has 1 atom stereocenters. The molecule has 0 aliphatic carbocycles. The van der Waals surface area contributed by atoms with Gasteiger partial charge < -0.3 is 14.2 Å². The predicted octanol–water partition coefficient (Wildman–Crippen LogP) is 15.9. The number of unbranched alkanes of at least 4 members (excludes halogenated alkanes) is 24. The Bertz CT molecular complexity index is 1130. The molecule has 0 aromatic heterocycles. The average Bonchev–Trinajstić information content (AvgIpc) is 3.23. The highest BCUT2D eigenvalue weighted by Crippen LogP contribution is 2.14. The summed E-state index contributed by atoms with van der Waals surface area (Å²) in [6.45, 7) is 6.41. The van der Waals surface area contributed by atoms with Crippen molar-refractivity contribution in [2.24, 2.45) is 0 Å². The Hall–Kier alpha value is -3.15. The first-order valence-electron chi connectivity index (χ1n) is 24.5. The van der Waals surface area contributed by atoms with Crippen molar-refractivity contribution >= 4 is 17.9 Å². The van der Waals surface area contributed by atoms with E-state index in [1.54, 1.807) is 0 Å². The fourth-order valence-electron chi connectivity index (χ4n) is 6.64. The summed E-state index contributed by atoms with van der Waals surface area (Å²) in [5.41, 5.74) is 0. The van der Waals surface area contributed by atoms with E-state index in [-0.39, 0.29) is 37.5 Å². The second-order valence-electron chi connectivity index (χ2n) is 16.1. The van der Waals surface area contributed by atoms with E-state index < -0.39 is 6.10 Å². The van der Waals surface area contributed by atoms with Crippen LogP contribution in [0.3, 0.4) is 0 Å². The fourth-order valence-corrected chi connectivity index (χ4v) is 6.64. The molecule has 0 fully saturated rings. The number of carbonyl (C=O) groups excluding carboxylic acids is 3. The molecule has 0 heterocycles. The molecule has 0 N–H and O–H groups in total. The van der Waals surface area contributed by atoms with Gasteiger partial charge in [-0.3, -0.25) is 14.4 Å². The number of rotatable bonds is 43. The number of carbonyl (C=O) groups is 3. The van der Waals surface area contributed by atoms with Crippen molar-refractivity contribution in [2.45, 2.75) is 232 Å². The third kappa shape index (κ3) is 45.8. The zero-order valence-corrected chi connectivity index (χ0v) is 38.5. The molecule has 0 saturated heterocycles. The van der Waals surface area contributed by atoms with Crippen LogP contribution < -0.4 is 0 Å². The number of hydrogen-bond donors (Lipinski definition) is 0. The molecule has 59 heavy (non-hydrogen) atoms. The summed E-state index contributed by atoms with van der Waals surface area (Å²) >= 11 is 0. The molecule has 0 aliphatic rings. The van der Waals surface area contributed by atoms with E-state index >= 15 is 0 Å². The predicted molar refractivity (Wildman–Crippen MR) is 251 cm³/mol. The molecule has 338 valence electrons. The Morgan fingerprint density at radius 3 is 1.12 bits per heavy atom. The fraction of sp³-hybridized carbons (Fsp3) is 0.717. The lowest BCUT2D eigenvalue weighted by molar-refractivity contribution is -0.167. The summed E-state index contributed by atoms with van der Waals surface area (Å²) in [6.07, 6.45) is 59.0. The van der Waals surface area contributed by atoms with Crippen molar-refractivity contribution in [2.75, 3.05) is 13.2 Å². The molecule has 0 amide bonds. The van der Waals surface area contributed by atoms with Gasteiger partial charge in [0.15, 0.2) is 6.10 Å². The van der Waals surface area contributed by atoms with Crippen LogP contribution in [-0.2, 0) is 28.6 Å². The molecule has 0 aliphatic heterocycles. The Labute approximate surface area is 363 Å². The Morgan fingerprint density at radius 2 is 0.695 bits per heavy atom. The highest BCUT2D eigenvalue weighted by atomic mass is 16.6. The summed E-state index contributed by atoms with van der Waals surface area (Å²) in [5, 5.41) is 0. The quantitative estimate of drug-likeness (QED) is 0.0200. The minimum absolute atomic E-state index is 0.106. The van der Waals surface area contributed by atoms with Crippen LogP contribution in [0, 0.1) is 0 Å². The van der Waals surface area contributed by atoms with E-state index in [1.165, 1.54) is 122 Å². The van der Waals surface area contributed by atoms with Crippen LogP contribution in [0.5, 0.6) is 0 Å². The van der Waals surface area contributed by atoms with Gasteiger partial charge in [-0.15, -0.1) is 0 Å². The molecule has 0 aromatic carbocycles. The smallest absolute Gasteiger partial charge is 0.306 e. The highest BCUT2D eigenvalue weighted by molar-refractivity contribution is 5.71. The van der Waals surface area contributed by atoms with Gasteiger partial charge in [-0.05, 0) is 57.8 Å². The van der Waals surface area contributed by atoms with Crippen LogP contribution >= 0.6 is 0 Å². The van der Waals surface area contributed by atoms with Crippen molar-refractivity contribution in [1.82, 2.24) is 0 Å². The first-order valence-corrected chi connectivity index (χ1v) is 24.5. The van der Waals surface area contributed by atoms with Crippen LogP contribution in [0.15, 0.2) is 72.9 Å². The second-order valence-corrected chi connectivity index (χ2v) is 16.1. The molecule has 0 saturated carbocycles. The van der Waals surface area contributed by atoms with Gasteiger partial charge >= 0.3 is 17.9 Å². The highest BCUT2D eigenvalue weighted by Gasteiger charge is 2.19. The normalized spacial score (nSPS) is 12.7. The molecular weight excluding hydrogens is 733 g/mol. The van der Waals surface area contributed by atoms with Crippen molar-refractivity contribution in [3.05, 3.63) is 72.9 Å². The number of allylic oxidation sites excluding steroid dienone is 12. The molecule has 6 nitrogen and oxygen atoms in total. The van der Waals surface area contributed by atoms with E-state index in [9.17, 15) is 14.4 Å². The molecular formula is C53H90O6. The second kappa shape index (κ2) is 47.5. The molecule has 0 spiro atoms. The molecule has 0 aromatic rings. The first-order chi connectivity index (χ1) is 29.0. The van der Waals surface area contributed by atoms with Crippen molar-refractivity contribution in [3.63, 3.8) is 0 Å². The topological polar surface area (TPSA) is 78.9 Å². The minimum atomic E-state index is -0.812. The largest absolute Gasteiger partial charge is 0.462 e. The molecule has 6 heteroatoms. The van der Waals surface area contributed by atoms with Crippen molar-refractivity contribution < 1.29 is 28.6 Å². The van der Waals surface area contributed by atoms with Gasteiger partial charge in [-0.2, -0.15) is 0 Å². The zero-order valence-electron chi connectivity index (χ0n) is 38.5.